The molecule has 0 saturated heterocycles. The molecule has 0 spiro atoms. The maximum atomic E-state index is 5.40. The molecule has 0 aliphatic heterocycles. The number of rotatable bonds is 4. The molecule has 0 amide bonds. The number of ether oxygens (including phenoxy) is 2. The third-order valence-corrected chi connectivity index (χ3v) is 1.69. The SMILES string of the molecule is CNCOc1ccc(C)cc1OC. The lowest BCUT2D eigenvalue weighted by atomic mass is 10.2. The van der Waals surface area contributed by atoms with Crippen molar-refractivity contribution in [3.05, 3.63) is 23.8 Å². The van der Waals surface area contributed by atoms with E-state index in [1.54, 1.807) is 7.11 Å². The maximum Gasteiger partial charge on any atom is 0.163 e. The molecule has 0 atom stereocenters. The lowest BCUT2D eigenvalue weighted by Gasteiger charge is -2.10. The molecule has 0 unspecified atom stereocenters. The van der Waals surface area contributed by atoms with E-state index in [-0.39, 0.29) is 0 Å². The fourth-order valence-electron chi connectivity index (χ4n) is 1.04. The van der Waals surface area contributed by atoms with Crippen LogP contribution in [-0.4, -0.2) is 20.9 Å². The van der Waals surface area contributed by atoms with E-state index in [0.717, 1.165) is 17.1 Å². The lowest BCUT2D eigenvalue weighted by Crippen LogP contribution is -2.14. The summed E-state index contributed by atoms with van der Waals surface area (Å²) in [5, 5.41) is 2.90. The van der Waals surface area contributed by atoms with Crippen LogP contribution in [0.3, 0.4) is 0 Å². The zero-order chi connectivity index (χ0) is 9.68. The first-order chi connectivity index (χ1) is 6.27. The quantitative estimate of drug-likeness (QED) is 0.715. The summed E-state index contributed by atoms with van der Waals surface area (Å²) in [6.45, 7) is 2.50. The van der Waals surface area contributed by atoms with E-state index in [0.29, 0.717) is 6.73 Å². The molecule has 72 valence electrons. The fraction of sp³-hybridized carbons (Fsp3) is 0.400. The predicted octanol–water partition coefficient (Wildman–Crippen LogP) is 1.56. The second-order valence-electron chi connectivity index (χ2n) is 2.80. The van der Waals surface area contributed by atoms with Crippen molar-refractivity contribution in [3.8, 4) is 11.5 Å². The minimum absolute atomic E-state index is 0.486. The van der Waals surface area contributed by atoms with Gasteiger partial charge < -0.3 is 9.47 Å². The Labute approximate surface area is 78.7 Å². The molecular formula is C10H15NO2. The second kappa shape index (κ2) is 4.72. The Balaban J connectivity index is 2.79. The average molecular weight is 181 g/mol. The largest absolute Gasteiger partial charge is 0.493 e. The van der Waals surface area contributed by atoms with Gasteiger partial charge in [0.05, 0.1) is 7.11 Å². The molecule has 0 bridgehead atoms. The topological polar surface area (TPSA) is 30.5 Å². The summed E-state index contributed by atoms with van der Waals surface area (Å²) in [6, 6.07) is 5.85. The van der Waals surface area contributed by atoms with Crippen LogP contribution in [0.2, 0.25) is 0 Å². The molecule has 0 radical (unpaired) electrons. The Morgan fingerprint density at radius 3 is 2.69 bits per heavy atom. The van der Waals surface area contributed by atoms with Crippen molar-refractivity contribution in [2.24, 2.45) is 0 Å². The Bertz CT molecular complexity index is 274. The van der Waals surface area contributed by atoms with Gasteiger partial charge in [-0.05, 0) is 31.7 Å². The summed E-state index contributed by atoms with van der Waals surface area (Å²) < 4.78 is 10.6. The second-order valence-corrected chi connectivity index (χ2v) is 2.80. The number of hydrogen-bond donors (Lipinski definition) is 1. The molecule has 13 heavy (non-hydrogen) atoms. The smallest absolute Gasteiger partial charge is 0.163 e. The maximum absolute atomic E-state index is 5.40. The zero-order valence-corrected chi connectivity index (χ0v) is 8.26. The van der Waals surface area contributed by atoms with Crippen molar-refractivity contribution in [2.75, 3.05) is 20.9 Å². The van der Waals surface area contributed by atoms with Gasteiger partial charge in [-0.2, -0.15) is 0 Å². The van der Waals surface area contributed by atoms with Crippen molar-refractivity contribution in [1.29, 1.82) is 0 Å². The van der Waals surface area contributed by atoms with Crippen LogP contribution in [0.5, 0.6) is 11.5 Å². The van der Waals surface area contributed by atoms with Gasteiger partial charge in [0, 0.05) is 0 Å². The minimum Gasteiger partial charge on any atom is -0.493 e. The number of hydrogen-bond acceptors (Lipinski definition) is 3. The van der Waals surface area contributed by atoms with Crippen LogP contribution in [0.4, 0.5) is 0 Å². The van der Waals surface area contributed by atoms with Crippen LogP contribution in [0.25, 0.3) is 0 Å². The van der Waals surface area contributed by atoms with Crippen LogP contribution in [0.15, 0.2) is 18.2 Å². The van der Waals surface area contributed by atoms with Gasteiger partial charge >= 0.3 is 0 Å². The summed E-state index contributed by atoms with van der Waals surface area (Å²) >= 11 is 0. The van der Waals surface area contributed by atoms with E-state index < -0.39 is 0 Å². The first-order valence-corrected chi connectivity index (χ1v) is 4.20. The zero-order valence-electron chi connectivity index (χ0n) is 8.26. The highest BCUT2D eigenvalue weighted by Gasteiger charge is 2.02. The summed E-state index contributed by atoms with van der Waals surface area (Å²) in [4.78, 5) is 0. The van der Waals surface area contributed by atoms with Gasteiger partial charge in [0.25, 0.3) is 0 Å². The molecule has 1 N–H and O–H groups in total. The molecule has 3 heteroatoms. The highest BCUT2D eigenvalue weighted by atomic mass is 16.5. The van der Waals surface area contributed by atoms with Gasteiger partial charge in [-0.25, -0.2) is 0 Å². The number of nitrogens with one attached hydrogen (secondary N) is 1. The fourth-order valence-corrected chi connectivity index (χ4v) is 1.04. The first kappa shape index (κ1) is 9.86. The number of aryl methyl sites for hydroxylation is 1. The van der Waals surface area contributed by atoms with Gasteiger partial charge in [0.1, 0.15) is 6.73 Å². The number of benzene rings is 1. The van der Waals surface area contributed by atoms with Crippen molar-refractivity contribution in [3.63, 3.8) is 0 Å². The Kier molecular flexibility index (Phi) is 3.58. The van der Waals surface area contributed by atoms with Crippen LogP contribution >= 0.6 is 0 Å². The highest BCUT2D eigenvalue weighted by molar-refractivity contribution is 5.42. The molecule has 3 nitrogen and oxygen atoms in total. The lowest BCUT2D eigenvalue weighted by molar-refractivity contribution is 0.277. The van der Waals surface area contributed by atoms with Gasteiger partial charge in [-0.1, -0.05) is 6.07 Å². The van der Waals surface area contributed by atoms with Gasteiger partial charge in [-0.15, -0.1) is 0 Å². The number of methoxy groups -OCH3 is 1. The van der Waals surface area contributed by atoms with Crippen LogP contribution in [0, 0.1) is 6.92 Å². The molecule has 1 aromatic rings. The summed E-state index contributed by atoms with van der Waals surface area (Å²) in [7, 11) is 3.47. The van der Waals surface area contributed by atoms with Gasteiger partial charge in [0.15, 0.2) is 11.5 Å². The Morgan fingerprint density at radius 2 is 2.08 bits per heavy atom. The molecule has 0 aliphatic rings. The molecule has 1 rings (SSSR count). The first-order valence-electron chi connectivity index (χ1n) is 4.20. The van der Waals surface area contributed by atoms with E-state index >= 15 is 0 Å². The Hall–Kier alpha value is -1.22. The minimum atomic E-state index is 0.486. The van der Waals surface area contributed by atoms with Crippen LogP contribution < -0.4 is 14.8 Å². The van der Waals surface area contributed by atoms with Crippen molar-refractivity contribution < 1.29 is 9.47 Å². The van der Waals surface area contributed by atoms with Gasteiger partial charge in [-0.3, -0.25) is 5.32 Å². The molecule has 0 aliphatic carbocycles. The monoisotopic (exact) mass is 181 g/mol. The van der Waals surface area contributed by atoms with E-state index in [9.17, 15) is 0 Å². The van der Waals surface area contributed by atoms with E-state index in [4.69, 9.17) is 9.47 Å². The summed E-state index contributed by atoms with van der Waals surface area (Å²) in [6.07, 6.45) is 0. The highest BCUT2D eigenvalue weighted by Crippen LogP contribution is 2.27. The molecular weight excluding hydrogens is 166 g/mol. The van der Waals surface area contributed by atoms with Crippen molar-refractivity contribution >= 4 is 0 Å². The van der Waals surface area contributed by atoms with E-state index in [1.807, 2.05) is 32.2 Å². The molecule has 0 heterocycles. The van der Waals surface area contributed by atoms with Crippen molar-refractivity contribution in [1.82, 2.24) is 5.32 Å². The molecule has 0 saturated carbocycles. The average Bonchev–Trinajstić information content (AvgIpc) is 2.16. The molecule has 0 fully saturated rings. The van der Waals surface area contributed by atoms with Crippen LogP contribution in [0.1, 0.15) is 5.56 Å². The third-order valence-electron chi connectivity index (χ3n) is 1.69. The summed E-state index contributed by atoms with van der Waals surface area (Å²) in [5.74, 6) is 1.54. The third kappa shape index (κ3) is 2.63. The Morgan fingerprint density at radius 1 is 1.31 bits per heavy atom. The van der Waals surface area contributed by atoms with E-state index in [1.165, 1.54) is 0 Å². The van der Waals surface area contributed by atoms with Crippen molar-refractivity contribution in [2.45, 2.75) is 6.92 Å². The molecule has 0 aromatic heterocycles. The molecule has 1 aromatic carbocycles. The predicted molar refractivity (Wildman–Crippen MR) is 52.3 cm³/mol. The normalized spacial score (nSPS) is 9.77. The summed E-state index contributed by atoms with van der Waals surface area (Å²) in [5.41, 5.74) is 1.16. The van der Waals surface area contributed by atoms with Gasteiger partial charge in [0.2, 0.25) is 0 Å². The van der Waals surface area contributed by atoms with E-state index in [2.05, 4.69) is 5.32 Å². The standard InChI is InChI=1S/C10H15NO2/c1-8-4-5-9(13-7-11-2)10(6-8)12-3/h4-6,11H,7H2,1-3H3. The van der Waals surface area contributed by atoms with Crippen LogP contribution in [-0.2, 0) is 0 Å².